The van der Waals surface area contributed by atoms with E-state index in [0.717, 1.165) is 12.1 Å². The number of benzene rings is 2. The molecule has 0 spiro atoms. The maximum absolute atomic E-state index is 12.7. The number of carbonyl (C=O) groups excluding carboxylic acids is 1. The first-order chi connectivity index (χ1) is 14.4. The predicted molar refractivity (Wildman–Crippen MR) is 112 cm³/mol. The number of hydrogen-bond acceptors (Lipinski definition) is 4. The van der Waals surface area contributed by atoms with Crippen molar-refractivity contribution in [3.05, 3.63) is 72.2 Å². The molecule has 31 heavy (non-hydrogen) atoms. The third-order valence-corrected chi connectivity index (χ3v) is 4.37. The third-order valence-electron chi connectivity index (χ3n) is 4.37. The number of hydrogen-bond donors (Lipinski definition) is 0. The van der Waals surface area contributed by atoms with Gasteiger partial charge in [0.15, 0.2) is 0 Å². The van der Waals surface area contributed by atoms with Gasteiger partial charge in [0.05, 0.1) is 11.3 Å². The molecule has 2 aromatic carbocycles. The highest BCUT2D eigenvalue weighted by Gasteiger charge is 2.30. The van der Waals surface area contributed by atoms with E-state index in [9.17, 15) is 18.0 Å². The van der Waals surface area contributed by atoms with Crippen LogP contribution in [0, 0.1) is 0 Å². The Morgan fingerprint density at radius 2 is 1.45 bits per heavy atom. The number of alkyl halides is 3. The number of ether oxygens (including phenoxy) is 1. The van der Waals surface area contributed by atoms with Crippen molar-refractivity contribution in [3.63, 3.8) is 0 Å². The van der Waals surface area contributed by atoms with E-state index < -0.39 is 11.7 Å². The second kappa shape index (κ2) is 8.37. The van der Waals surface area contributed by atoms with Crippen LogP contribution in [0.25, 0.3) is 0 Å². The molecule has 3 rings (SSSR count). The van der Waals surface area contributed by atoms with Gasteiger partial charge in [0.1, 0.15) is 23.1 Å². The summed E-state index contributed by atoms with van der Waals surface area (Å²) in [6.45, 7) is 7.39. The number of carbonyl (C=O) groups is 1. The minimum absolute atomic E-state index is 0.227. The lowest BCUT2D eigenvalue weighted by Gasteiger charge is -2.23. The number of rotatable bonds is 4. The largest absolute Gasteiger partial charge is 0.457 e. The summed E-state index contributed by atoms with van der Waals surface area (Å²) < 4.78 is 43.7. The second-order valence-electron chi connectivity index (χ2n) is 7.96. The Bertz CT molecular complexity index is 1060. The number of anilines is 2. The van der Waals surface area contributed by atoms with Crippen LogP contribution in [0.15, 0.2) is 60.8 Å². The summed E-state index contributed by atoms with van der Waals surface area (Å²) in [4.78, 5) is 22.6. The van der Waals surface area contributed by atoms with Crippen molar-refractivity contribution in [2.45, 2.75) is 39.3 Å². The SMILES string of the molecule is CC(=O)N(c1ccc(Oc2ccc(C(F)(F)F)cc2)cc1)c1ccnc(C(C)(C)C)n1. The van der Waals surface area contributed by atoms with Crippen molar-refractivity contribution in [3.8, 4) is 11.5 Å². The van der Waals surface area contributed by atoms with Gasteiger partial charge in [-0.25, -0.2) is 9.97 Å². The normalized spacial score (nSPS) is 11.8. The molecule has 5 nitrogen and oxygen atoms in total. The van der Waals surface area contributed by atoms with Crippen LogP contribution in [0.1, 0.15) is 39.1 Å². The van der Waals surface area contributed by atoms with E-state index in [4.69, 9.17) is 4.74 Å². The van der Waals surface area contributed by atoms with Crippen molar-refractivity contribution in [2.24, 2.45) is 0 Å². The standard InChI is InChI=1S/C23H22F3N3O2/c1-15(30)29(20-13-14-27-21(28-20)22(2,3)4)17-7-11-19(12-8-17)31-18-9-5-16(6-10-18)23(24,25)26/h5-14H,1-4H3. The summed E-state index contributed by atoms with van der Waals surface area (Å²) in [6.07, 6.45) is -2.79. The summed E-state index contributed by atoms with van der Waals surface area (Å²) in [5, 5.41) is 0. The van der Waals surface area contributed by atoms with Crippen molar-refractivity contribution < 1.29 is 22.7 Å². The van der Waals surface area contributed by atoms with Crippen LogP contribution in [0.2, 0.25) is 0 Å². The van der Waals surface area contributed by atoms with E-state index in [-0.39, 0.29) is 17.1 Å². The summed E-state index contributed by atoms with van der Waals surface area (Å²) in [5.74, 6) is 1.53. The zero-order valence-corrected chi connectivity index (χ0v) is 17.6. The first kappa shape index (κ1) is 22.3. The molecule has 1 aromatic heterocycles. The maximum atomic E-state index is 12.7. The molecule has 0 saturated carbocycles. The number of amides is 1. The Morgan fingerprint density at radius 3 is 1.94 bits per heavy atom. The molecule has 0 atom stereocenters. The molecule has 0 bridgehead atoms. The molecule has 162 valence electrons. The summed E-state index contributed by atoms with van der Waals surface area (Å²) in [7, 11) is 0. The van der Waals surface area contributed by atoms with Crippen LogP contribution in [-0.2, 0) is 16.4 Å². The van der Waals surface area contributed by atoms with Crippen molar-refractivity contribution >= 4 is 17.4 Å². The Labute approximate surface area is 178 Å². The highest BCUT2D eigenvalue weighted by Crippen LogP contribution is 2.32. The summed E-state index contributed by atoms with van der Waals surface area (Å²) >= 11 is 0. The first-order valence-corrected chi connectivity index (χ1v) is 9.54. The minimum atomic E-state index is -4.40. The fourth-order valence-corrected chi connectivity index (χ4v) is 2.82. The van der Waals surface area contributed by atoms with Gasteiger partial charge in [0.2, 0.25) is 5.91 Å². The maximum Gasteiger partial charge on any atom is 0.416 e. The van der Waals surface area contributed by atoms with E-state index in [2.05, 4.69) is 9.97 Å². The molecule has 0 fully saturated rings. The molecule has 0 radical (unpaired) electrons. The second-order valence-corrected chi connectivity index (χ2v) is 7.96. The van der Waals surface area contributed by atoms with Crippen molar-refractivity contribution in [1.29, 1.82) is 0 Å². The molecule has 0 aliphatic heterocycles. The molecule has 0 aliphatic carbocycles. The quantitative estimate of drug-likeness (QED) is 0.491. The van der Waals surface area contributed by atoms with Crippen molar-refractivity contribution in [2.75, 3.05) is 4.90 Å². The summed E-state index contributed by atoms with van der Waals surface area (Å²) in [6, 6.07) is 12.7. The van der Waals surface area contributed by atoms with E-state index >= 15 is 0 Å². The monoisotopic (exact) mass is 429 g/mol. The molecule has 0 N–H and O–H groups in total. The van der Waals surface area contributed by atoms with E-state index in [1.54, 1.807) is 36.5 Å². The fraction of sp³-hybridized carbons (Fsp3) is 0.261. The van der Waals surface area contributed by atoms with Crippen molar-refractivity contribution in [1.82, 2.24) is 9.97 Å². The first-order valence-electron chi connectivity index (χ1n) is 9.54. The molecule has 3 aromatic rings. The van der Waals surface area contributed by atoms with Crippen LogP contribution in [0.4, 0.5) is 24.7 Å². The Morgan fingerprint density at radius 1 is 0.903 bits per heavy atom. The highest BCUT2D eigenvalue weighted by molar-refractivity contribution is 5.98. The average Bonchev–Trinajstić information content (AvgIpc) is 2.69. The average molecular weight is 429 g/mol. The third kappa shape index (κ3) is 5.39. The topological polar surface area (TPSA) is 55.3 Å². The summed E-state index contributed by atoms with van der Waals surface area (Å²) in [5.41, 5.74) is -0.449. The molecule has 0 saturated heterocycles. The zero-order chi connectivity index (χ0) is 22.8. The Hall–Kier alpha value is -3.42. The van der Waals surface area contributed by atoms with E-state index in [1.807, 2.05) is 20.8 Å². The molecule has 0 unspecified atom stereocenters. The Kier molecular flexibility index (Phi) is 6.01. The lowest BCUT2D eigenvalue weighted by molar-refractivity contribution is -0.137. The molecular formula is C23H22F3N3O2. The lowest BCUT2D eigenvalue weighted by Crippen LogP contribution is -2.25. The van der Waals surface area contributed by atoms with Gasteiger partial charge in [0, 0.05) is 18.5 Å². The van der Waals surface area contributed by atoms with Crippen LogP contribution in [-0.4, -0.2) is 15.9 Å². The van der Waals surface area contributed by atoms with Crippen LogP contribution >= 0.6 is 0 Å². The number of aromatic nitrogens is 2. The van der Waals surface area contributed by atoms with Gasteiger partial charge < -0.3 is 4.74 Å². The molecule has 1 heterocycles. The van der Waals surface area contributed by atoms with Crippen LogP contribution in [0.5, 0.6) is 11.5 Å². The van der Waals surface area contributed by atoms with Gasteiger partial charge in [-0.15, -0.1) is 0 Å². The predicted octanol–water partition coefficient (Wildman–Crippen LogP) is 6.27. The molecule has 8 heteroatoms. The van der Waals surface area contributed by atoms with Crippen LogP contribution < -0.4 is 9.64 Å². The van der Waals surface area contributed by atoms with Gasteiger partial charge in [-0.3, -0.25) is 9.69 Å². The lowest BCUT2D eigenvalue weighted by atomic mass is 9.96. The molecule has 1 amide bonds. The molecular weight excluding hydrogens is 407 g/mol. The number of nitrogens with zero attached hydrogens (tertiary/aromatic N) is 3. The van der Waals surface area contributed by atoms with Gasteiger partial charge in [-0.1, -0.05) is 20.8 Å². The zero-order valence-electron chi connectivity index (χ0n) is 17.6. The minimum Gasteiger partial charge on any atom is -0.457 e. The number of halogens is 3. The van der Waals surface area contributed by atoms with Gasteiger partial charge in [-0.05, 0) is 54.6 Å². The van der Waals surface area contributed by atoms with Crippen LogP contribution in [0.3, 0.4) is 0 Å². The van der Waals surface area contributed by atoms with Gasteiger partial charge >= 0.3 is 6.18 Å². The Balaban J connectivity index is 1.82. The van der Waals surface area contributed by atoms with E-state index in [0.29, 0.717) is 23.1 Å². The highest BCUT2D eigenvalue weighted by atomic mass is 19.4. The van der Waals surface area contributed by atoms with Gasteiger partial charge in [0.25, 0.3) is 0 Å². The van der Waals surface area contributed by atoms with Gasteiger partial charge in [-0.2, -0.15) is 13.2 Å². The smallest absolute Gasteiger partial charge is 0.416 e. The molecule has 0 aliphatic rings. The van der Waals surface area contributed by atoms with E-state index in [1.165, 1.54) is 24.0 Å². The fourth-order valence-electron chi connectivity index (χ4n) is 2.82.